The first-order valence-corrected chi connectivity index (χ1v) is 32.9. The van der Waals surface area contributed by atoms with E-state index in [1.807, 2.05) is 11.3 Å². The van der Waals surface area contributed by atoms with Crippen LogP contribution in [0.2, 0.25) is 0 Å². The molecule has 11 aromatic carbocycles. The van der Waals surface area contributed by atoms with Gasteiger partial charge in [0.05, 0.1) is 22.6 Å². The van der Waals surface area contributed by atoms with Gasteiger partial charge in [0.25, 0.3) is 0 Å². The SMILES string of the molecule is CC1Cc2c(sc3cc(-c4ccc(N(c5ccccc5)c5ccccc5)cc4)c(-c4ccc5c6ccccc6n(-c6ccccc6)c5c4)cc23)C(c2ccc3c4c(n(C5C=CC=CC5)c3c2)C(C)CC=C4)=C1c1ccc(N(c2ccccc2)c2ccccc2)cc1. The first kappa shape index (κ1) is 54.4. The van der Waals surface area contributed by atoms with Crippen LogP contribution in [0.5, 0.6) is 0 Å². The van der Waals surface area contributed by atoms with Gasteiger partial charge in [0, 0.05) is 88.3 Å². The van der Waals surface area contributed by atoms with Crippen molar-refractivity contribution in [3.63, 3.8) is 0 Å². The van der Waals surface area contributed by atoms with Crippen LogP contribution in [0, 0.1) is 5.92 Å². The highest BCUT2D eigenvalue weighted by atomic mass is 32.1. The molecular formula is C86H66N4S. The monoisotopic (exact) mass is 1190 g/mol. The van der Waals surface area contributed by atoms with E-state index in [9.17, 15) is 0 Å². The molecule has 0 bridgehead atoms. The first-order valence-electron chi connectivity index (χ1n) is 32.1. The Labute approximate surface area is 536 Å². The average Bonchev–Trinajstić information content (AvgIpc) is 1.62. The number of para-hydroxylation sites is 6. The van der Waals surface area contributed by atoms with Crippen LogP contribution in [0.4, 0.5) is 34.1 Å². The summed E-state index contributed by atoms with van der Waals surface area (Å²) in [5.74, 6) is 0.605. The minimum absolute atomic E-state index is 0.196. The Balaban J connectivity index is 0.895. The van der Waals surface area contributed by atoms with Crippen LogP contribution in [-0.2, 0) is 6.42 Å². The molecule has 0 spiro atoms. The zero-order valence-electron chi connectivity index (χ0n) is 51.0. The Morgan fingerprint density at radius 2 is 0.934 bits per heavy atom. The molecule has 91 heavy (non-hydrogen) atoms. The lowest BCUT2D eigenvalue weighted by atomic mass is 9.77. The van der Waals surface area contributed by atoms with Crippen LogP contribution in [0.1, 0.15) is 71.5 Å². The molecular weight excluding hydrogens is 1120 g/mol. The third kappa shape index (κ3) is 9.41. The zero-order valence-corrected chi connectivity index (χ0v) is 51.8. The van der Waals surface area contributed by atoms with Gasteiger partial charge in [0.15, 0.2) is 0 Å². The maximum absolute atomic E-state index is 2.70. The molecule has 3 aliphatic rings. The number of fused-ring (bicyclic) bond motifs is 9. The highest BCUT2D eigenvalue weighted by Crippen LogP contribution is 2.53. The molecule has 0 saturated carbocycles. The van der Waals surface area contributed by atoms with Crippen molar-refractivity contribution < 1.29 is 0 Å². The summed E-state index contributed by atoms with van der Waals surface area (Å²) in [4.78, 5) is 6.08. The van der Waals surface area contributed by atoms with E-state index >= 15 is 0 Å². The summed E-state index contributed by atoms with van der Waals surface area (Å²) in [6.07, 6.45) is 16.9. The van der Waals surface area contributed by atoms with Crippen LogP contribution in [-0.4, -0.2) is 9.13 Å². The van der Waals surface area contributed by atoms with Gasteiger partial charge >= 0.3 is 0 Å². The number of aromatic nitrogens is 2. The molecule has 0 amide bonds. The van der Waals surface area contributed by atoms with Crippen molar-refractivity contribution in [1.29, 1.82) is 0 Å². The fourth-order valence-corrected chi connectivity index (χ4v) is 16.5. The summed E-state index contributed by atoms with van der Waals surface area (Å²) in [6.45, 7) is 4.89. The Hall–Kier alpha value is -10.7. The lowest BCUT2D eigenvalue weighted by Gasteiger charge is -2.29. The molecule has 3 heterocycles. The fourth-order valence-electron chi connectivity index (χ4n) is 15.2. The second-order valence-corrected chi connectivity index (χ2v) is 25.8. The predicted molar refractivity (Wildman–Crippen MR) is 388 cm³/mol. The molecule has 0 fully saturated rings. The number of nitrogens with zero attached hydrogens (tertiary/aromatic N) is 4. The molecule has 0 aliphatic heterocycles. The second kappa shape index (κ2) is 22.7. The molecule has 0 radical (unpaired) electrons. The molecule has 0 saturated heterocycles. The van der Waals surface area contributed by atoms with E-state index in [0.717, 1.165) is 59.1 Å². The minimum Gasteiger partial charge on any atom is -0.336 e. The molecule has 436 valence electrons. The summed E-state index contributed by atoms with van der Waals surface area (Å²) in [5, 5.41) is 5.15. The molecule has 5 heteroatoms. The number of rotatable bonds is 12. The lowest BCUT2D eigenvalue weighted by Crippen LogP contribution is -2.14. The smallest absolute Gasteiger partial charge is 0.0557 e. The molecule has 3 atom stereocenters. The summed E-state index contributed by atoms with van der Waals surface area (Å²) in [5.41, 5.74) is 25.9. The van der Waals surface area contributed by atoms with Crippen molar-refractivity contribution in [1.82, 2.24) is 9.13 Å². The van der Waals surface area contributed by atoms with Gasteiger partial charge in [0.2, 0.25) is 0 Å². The van der Waals surface area contributed by atoms with Crippen molar-refractivity contribution >= 4 is 105 Å². The van der Waals surface area contributed by atoms with E-state index in [0.29, 0.717) is 5.92 Å². The van der Waals surface area contributed by atoms with Gasteiger partial charge in [-0.25, -0.2) is 0 Å². The largest absolute Gasteiger partial charge is 0.336 e. The number of hydrogen-bond acceptors (Lipinski definition) is 3. The molecule has 4 nitrogen and oxygen atoms in total. The Morgan fingerprint density at radius 1 is 0.407 bits per heavy atom. The maximum Gasteiger partial charge on any atom is 0.0557 e. The van der Waals surface area contributed by atoms with Crippen LogP contribution in [0.15, 0.2) is 303 Å². The summed E-state index contributed by atoms with van der Waals surface area (Å²) in [6, 6.07) is 101. The number of thiophene rings is 1. The highest BCUT2D eigenvalue weighted by molar-refractivity contribution is 7.20. The molecule has 3 aromatic heterocycles. The molecule has 3 aliphatic carbocycles. The van der Waals surface area contributed by atoms with Crippen LogP contribution >= 0.6 is 11.3 Å². The topological polar surface area (TPSA) is 16.3 Å². The fraction of sp³-hybridized carbons (Fsp3) is 0.0930. The quantitative estimate of drug-likeness (QED) is 0.121. The Kier molecular flexibility index (Phi) is 13.6. The van der Waals surface area contributed by atoms with E-state index in [4.69, 9.17) is 0 Å². The average molecular weight is 1190 g/mol. The van der Waals surface area contributed by atoms with Crippen molar-refractivity contribution in [2.75, 3.05) is 9.80 Å². The lowest BCUT2D eigenvalue weighted by molar-refractivity contribution is 0.570. The van der Waals surface area contributed by atoms with Crippen LogP contribution in [0.3, 0.4) is 0 Å². The van der Waals surface area contributed by atoms with Crippen molar-refractivity contribution in [2.24, 2.45) is 5.92 Å². The number of allylic oxidation sites excluding steroid dienone is 6. The van der Waals surface area contributed by atoms with Crippen LogP contribution < -0.4 is 9.80 Å². The molecule has 17 rings (SSSR count). The normalized spacial score (nSPS) is 16.0. The van der Waals surface area contributed by atoms with E-state index in [2.05, 4.69) is 342 Å². The van der Waals surface area contributed by atoms with E-state index in [1.54, 1.807) is 0 Å². The number of hydrogen-bond donors (Lipinski definition) is 0. The van der Waals surface area contributed by atoms with E-state index < -0.39 is 0 Å². The van der Waals surface area contributed by atoms with E-state index in [-0.39, 0.29) is 12.0 Å². The molecule has 3 unspecified atom stereocenters. The van der Waals surface area contributed by atoms with Gasteiger partial charge in [0.1, 0.15) is 0 Å². The van der Waals surface area contributed by atoms with Crippen molar-refractivity contribution in [2.45, 2.75) is 45.1 Å². The van der Waals surface area contributed by atoms with Gasteiger partial charge in [-0.15, -0.1) is 11.3 Å². The molecule has 0 N–H and O–H groups in total. The second-order valence-electron chi connectivity index (χ2n) is 24.8. The van der Waals surface area contributed by atoms with Gasteiger partial charge in [-0.05, 0) is 190 Å². The number of anilines is 6. The van der Waals surface area contributed by atoms with Gasteiger partial charge in [-0.1, -0.05) is 208 Å². The van der Waals surface area contributed by atoms with Crippen LogP contribution in [0.25, 0.3) is 88.0 Å². The highest BCUT2D eigenvalue weighted by Gasteiger charge is 2.33. The summed E-state index contributed by atoms with van der Waals surface area (Å²) >= 11 is 1.98. The summed E-state index contributed by atoms with van der Waals surface area (Å²) in [7, 11) is 0. The minimum atomic E-state index is 0.196. The van der Waals surface area contributed by atoms with Crippen molar-refractivity contribution in [3.05, 3.63) is 336 Å². The standard InChI is InChI=1S/C86H66N4S/c1-57-24-23-38-74-73-51-45-62(54-81(73)90(85(57)74)68-35-19-8-20-36-68)84-83(60-42-48-70(49-43-60)88(65-29-13-5-14-30-65)66-31-15-6-16-32-66)58(2)52-78-77-55-75(61-44-50-72-71-37-21-22-39-79(71)89(80(72)53-61)67-33-17-7-18-34-67)76(56-82(77)91-86(78)84)59-40-46-69(47-41-59)87(63-25-9-3-10-26-63)64-27-11-4-12-28-64/h3-23,25-35,37-51,53-58,68H,24,36,52H2,1-2H3. The Bertz CT molecular complexity index is 5120. The van der Waals surface area contributed by atoms with Crippen molar-refractivity contribution in [3.8, 4) is 27.9 Å². The first-order chi connectivity index (χ1) is 45.0. The zero-order chi connectivity index (χ0) is 60.5. The Morgan fingerprint density at radius 3 is 1.56 bits per heavy atom. The van der Waals surface area contributed by atoms with Gasteiger partial charge in [-0.2, -0.15) is 0 Å². The summed E-state index contributed by atoms with van der Waals surface area (Å²) < 4.78 is 6.45. The third-order valence-electron chi connectivity index (χ3n) is 19.3. The van der Waals surface area contributed by atoms with Gasteiger partial charge < -0.3 is 18.9 Å². The van der Waals surface area contributed by atoms with E-state index in [1.165, 1.54) is 109 Å². The predicted octanol–water partition coefficient (Wildman–Crippen LogP) is 24.0. The van der Waals surface area contributed by atoms with Gasteiger partial charge in [-0.3, -0.25) is 0 Å². The number of benzene rings is 11. The maximum atomic E-state index is 2.70. The third-order valence-corrected chi connectivity index (χ3v) is 20.5. The molecule has 14 aromatic rings.